The molecule has 1 heterocycles. The van der Waals surface area contributed by atoms with Gasteiger partial charge in [0.05, 0.1) is 13.2 Å². The Bertz CT molecular complexity index is 888. The van der Waals surface area contributed by atoms with Gasteiger partial charge >= 0.3 is 0 Å². The normalized spacial score (nSPS) is 11.8. The molecule has 0 radical (unpaired) electrons. The summed E-state index contributed by atoms with van der Waals surface area (Å²) < 4.78 is 10.5. The Balaban J connectivity index is 1.56. The lowest BCUT2D eigenvalue weighted by atomic mass is 10.1. The zero-order valence-corrected chi connectivity index (χ0v) is 14.9. The van der Waals surface area contributed by atoms with Gasteiger partial charge in [-0.1, -0.05) is 24.3 Å². The van der Waals surface area contributed by atoms with Gasteiger partial charge in [-0.3, -0.25) is 4.79 Å². The van der Waals surface area contributed by atoms with E-state index in [9.17, 15) is 9.90 Å². The number of hydrogen-bond donors (Lipinski definition) is 3. The summed E-state index contributed by atoms with van der Waals surface area (Å²) in [6.45, 7) is 0.366. The topological polar surface area (TPSA) is 111 Å². The van der Waals surface area contributed by atoms with E-state index in [0.29, 0.717) is 13.0 Å². The number of nitrogens with two attached hydrogens (primary N) is 1. The third-order valence-electron chi connectivity index (χ3n) is 4.08. The SMILES string of the molecule is COc1ccc(CNC(=O)c2coc(C(N)Cc3ccc(O)cc3)n2)cc1. The smallest absolute Gasteiger partial charge is 0.273 e. The van der Waals surface area contributed by atoms with Crippen molar-refractivity contribution in [3.05, 3.63) is 77.5 Å². The van der Waals surface area contributed by atoms with Gasteiger partial charge in [-0.25, -0.2) is 4.98 Å². The second-order valence-corrected chi connectivity index (χ2v) is 6.08. The van der Waals surface area contributed by atoms with Crippen molar-refractivity contribution in [1.29, 1.82) is 0 Å². The van der Waals surface area contributed by atoms with Gasteiger partial charge in [0.2, 0.25) is 5.89 Å². The Morgan fingerprint density at radius 3 is 2.52 bits per heavy atom. The zero-order valence-electron chi connectivity index (χ0n) is 14.9. The Labute approximate surface area is 156 Å². The van der Waals surface area contributed by atoms with Gasteiger partial charge < -0.3 is 25.3 Å². The van der Waals surface area contributed by atoms with Crippen molar-refractivity contribution in [1.82, 2.24) is 10.3 Å². The number of rotatable bonds is 7. The highest BCUT2D eigenvalue weighted by Gasteiger charge is 2.17. The summed E-state index contributed by atoms with van der Waals surface area (Å²) in [6.07, 6.45) is 1.78. The zero-order chi connectivity index (χ0) is 19.2. The Hall–Kier alpha value is -3.32. The van der Waals surface area contributed by atoms with Crippen LogP contribution < -0.4 is 15.8 Å². The van der Waals surface area contributed by atoms with E-state index in [-0.39, 0.29) is 23.2 Å². The first kappa shape index (κ1) is 18.5. The average molecular weight is 367 g/mol. The molecule has 0 aliphatic carbocycles. The minimum Gasteiger partial charge on any atom is -0.508 e. The highest BCUT2D eigenvalue weighted by molar-refractivity contribution is 5.91. The molecule has 1 unspecified atom stereocenters. The van der Waals surface area contributed by atoms with Gasteiger partial charge in [-0.15, -0.1) is 0 Å². The third kappa shape index (κ3) is 4.86. The van der Waals surface area contributed by atoms with Crippen molar-refractivity contribution in [2.75, 3.05) is 7.11 Å². The lowest BCUT2D eigenvalue weighted by Crippen LogP contribution is -2.23. The lowest BCUT2D eigenvalue weighted by Gasteiger charge is -2.07. The van der Waals surface area contributed by atoms with Crippen LogP contribution in [0.15, 0.2) is 59.2 Å². The maximum atomic E-state index is 12.2. The molecule has 7 heteroatoms. The number of carbonyl (C=O) groups is 1. The molecule has 0 aliphatic heterocycles. The predicted octanol–water partition coefficient (Wildman–Crippen LogP) is 2.56. The number of nitrogens with one attached hydrogen (secondary N) is 1. The molecule has 0 saturated carbocycles. The standard InChI is InChI=1S/C20H21N3O4/c1-26-16-8-4-14(5-9-16)11-22-19(25)18-12-27-20(23-18)17(21)10-13-2-6-15(24)7-3-13/h2-9,12,17,24H,10-11,21H2,1H3,(H,22,25). The third-order valence-corrected chi connectivity index (χ3v) is 4.08. The minimum atomic E-state index is -0.488. The monoisotopic (exact) mass is 367 g/mol. The van der Waals surface area contributed by atoms with Gasteiger partial charge in [0.1, 0.15) is 17.8 Å². The second-order valence-electron chi connectivity index (χ2n) is 6.08. The summed E-state index contributed by atoms with van der Waals surface area (Å²) >= 11 is 0. The van der Waals surface area contributed by atoms with Crippen LogP contribution in [-0.2, 0) is 13.0 Å². The van der Waals surface area contributed by atoms with Crippen LogP contribution in [0, 0.1) is 0 Å². The Morgan fingerprint density at radius 2 is 1.85 bits per heavy atom. The molecule has 0 spiro atoms. The summed E-state index contributed by atoms with van der Waals surface area (Å²) in [5.41, 5.74) is 8.16. The first-order valence-corrected chi connectivity index (χ1v) is 8.45. The van der Waals surface area contributed by atoms with E-state index < -0.39 is 6.04 Å². The highest BCUT2D eigenvalue weighted by Crippen LogP contribution is 2.18. The fraction of sp³-hybridized carbons (Fsp3) is 0.200. The summed E-state index contributed by atoms with van der Waals surface area (Å²) in [7, 11) is 1.60. The van der Waals surface area contributed by atoms with Crippen molar-refractivity contribution in [3.8, 4) is 11.5 Å². The van der Waals surface area contributed by atoms with Crippen LogP contribution in [-0.4, -0.2) is 23.1 Å². The molecule has 2 aromatic carbocycles. The predicted molar refractivity (Wildman–Crippen MR) is 99.4 cm³/mol. The number of ether oxygens (including phenoxy) is 1. The number of carbonyl (C=O) groups excluding carboxylic acids is 1. The molecular weight excluding hydrogens is 346 g/mol. The van der Waals surface area contributed by atoms with Crippen LogP contribution in [0.4, 0.5) is 0 Å². The minimum absolute atomic E-state index is 0.180. The van der Waals surface area contributed by atoms with E-state index >= 15 is 0 Å². The largest absolute Gasteiger partial charge is 0.508 e. The molecule has 140 valence electrons. The molecule has 0 saturated heterocycles. The summed E-state index contributed by atoms with van der Waals surface area (Å²) in [5, 5.41) is 12.1. The van der Waals surface area contributed by atoms with E-state index in [2.05, 4.69) is 10.3 Å². The summed E-state index contributed by atoms with van der Waals surface area (Å²) in [6, 6.07) is 13.7. The van der Waals surface area contributed by atoms with Crippen LogP contribution in [0.1, 0.15) is 33.5 Å². The van der Waals surface area contributed by atoms with E-state index in [1.165, 1.54) is 6.26 Å². The van der Waals surface area contributed by atoms with Crippen molar-refractivity contribution in [2.24, 2.45) is 5.73 Å². The first-order valence-electron chi connectivity index (χ1n) is 8.45. The number of phenols is 1. The molecule has 4 N–H and O–H groups in total. The van der Waals surface area contributed by atoms with Gasteiger partial charge in [0.25, 0.3) is 5.91 Å². The molecule has 1 amide bonds. The van der Waals surface area contributed by atoms with Crippen molar-refractivity contribution >= 4 is 5.91 Å². The number of phenolic OH excluding ortho intramolecular Hbond substituents is 1. The number of benzene rings is 2. The molecule has 1 atom stereocenters. The lowest BCUT2D eigenvalue weighted by molar-refractivity contribution is 0.0946. The van der Waals surface area contributed by atoms with Crippen LogP contribution in [0.3, 0.4) is 0 Å². The number of aromatic nitrogens is 1. The quantitative estimate of drug-likeness (QED) is 0.592. The molecule has 7 nitrogen and oxygen atoms in total. The van der Waals surface area contributed by atoms with Crippen LogP contribution in [0.2, 0.25) is 0 Å². The van der Waals surface area contributed by atoms with E-state index in [0.717, 1.165) is 16.9 Å². The van der Waals surface area contributed by atoms with E-state index in [1.807, 2.05) is 24.3 Å². The fourth-order valence-electron chi connectivity index (χ4n) is 2.55. The second kappa shape index (κ2) is 8.37. The van der Waals surface area contributed by atoms with Crippen LogP contribution in [0.5, 0.6) is 11.5 Å². The van der Waals surface area contributed by atoms with Crippen LogP contribution >= 0.6 is 0 Å². The molecule has 0 fully saturated rings. The van der Waals surface area contributed by atoms with Gasteiger partial charge in [-0.05, 0) is 41.8 Å². The molecule has 3 aromatic rings. The maximum Gasteiger partial charge on any atom is 0.273 e. The maximum absolute atomic E-state index is 12.2. The highest BCUT2D eigenvalue weighted by atomic mass is 16.5. The number of methoxy groups -OCH3 is 1. The van der Waals surface area contributed by atoms with E-state index in [4.69, 9.17) is 14.9 Å². The van der Waals surface area contributed by atoms with Crippen molar-refractivity contribution in [3.63, 3.8) is 0 Å². The molecule has 0 bridgehead atoms. The number of aromatic hydroxyl groups is 1. The van der Waals surface area contributed by atoms with Crippen LogP contribution in [0.25, 0.3) is 0 Å². The molecule has 1 aromatic heterocycles. The molecule has 27 heavy (non-hydrogen) atoms. The molecule has 0 aliphatic rings. The molecule has 3 rings (SSSR count). The molecular formula is C20H21N3O4. The number of hydrogen-bond acceptors (Lipinski definition) is 6. The summed E-state index contributed by atoms with van der Waals surface area (Å²) in [4.78, 5) is 16.4. The summed E-state index contributed by atoms with van der Waals surface area (Å²) in [5.74, 6) is 0.906. The van der Waals surface area contributed by atoms with Crippen molar-refractivity contribution < 1.29 is 19.1 Å². The Kier molecular flexibility index (Phi) is 5.73. The van der Waals surface area contributed by atoms with Gasteiger partial charge in [0.15, 0.2) is 5.69 Å². The number of nitrogens with zero attached hydrogens (tertiary/aromatic N) is 1. The van der Waals surface area contributed by atoms with Gasteiger partial charge in [-0.2, -0.15) is 0 Å². The Morgan fingerprint density at radius 1 is 1.19 bits per heavy atom. The number of oxazole rings is 1. The van der Waals surface area contributed by atoms with Crippen molar-refractivity contribution in [2.45, 2.75) is 19.0 Å². The average Bonchev–Trinajstić information content (AvgIpc) is 3.19. The van der Waals surface area contributed by atoms with E-state index in [1.54, 1.807) is 31.4 Å². The number of amides is 1. The first-order chi connectivity index (χ1) is 13.0. The fourth-order valence-corrected chi connectivity index (χ4v) is 2.55. The van der Waals surface area contributed by atoms with Gasteiger partial charge in [0, 0.05) is 6.54 Å².